The zero-order valence-corrected chi connectivity index (χ0v) is 14.2. The van der Waals surface area contributed by atoms with E-state index >= 15 is 0 Å². The molecule has 8 nitrogen and oxygen atoms in total. The van der Waals surface area contributed by atoms with E-state index < -0.39 is 60.4 Å². The number of alkyl halides is 3. The van der Waals surface area contributed by atoms with Gasteiger partial charge < -0.3 is 15.8 Å². The summed E-state index contributed by atoms with van der Waals surface area (Å²) < 4.78 is 60.7. The van der Waals surface area contributed by atoms with Gasteiger partial charge in [0, 0.05) is 0 Å². The van der Waals surface area contributed by atoms with Crippen molar-refractivity contribution < 1.29 is 26.5 Å². The van der Waals surface area contributed by atoms with Crippen LogP contribution in [-0.4, -0.2) is 23.1 Å². The molecule has 1 aromatic heterocycles. The first-order valence-electron chi connectivity index (χ1n) is 6.13. The van der Waals surface area contributed by atoms with Crippen LogP contribution in [0.2, 0.25) is 10.0 Å². The van der Waals surface area contributed by atoms with Crippen molar-refractivity contribution in [2.24, 2.45) is 0 Å². The molecule has 0 unspecified atom stereocenters. The predicted octanol–water partition coefficient (Wildman–Crippen LogP) is 2.80. The summed E-state index contributed by atoms with van der Waals surface area (Å²) in [6.45, 7) is 0. The summed E-state index contributed by atoms with van der Waals surface area (Å²) in [5.74, 6) is -2.13. The van der Waals surface area contributed by atoms with E-state index in [1.54, 1.807) is 0 Å². The normalized spacial score (nSPS) is 11.9. The van der Waals surface area contributed by atoms with Gasteiger partial charge in [0.25, 0.3) is 0 Å². The Morgan fingerprint density at radius 1 is 1.28 bits per heavy atom. The molecular weight excluding hydrogens is 412 g/mol. The number of anilines is 1. The molecule has 0 fully saturated rings. The van der Waals surface area contributed by atoms with Crippen molar-refractivity contribution in [3.8, 4) is 5.69 Å². The fourth-order valence-electron chi connectivity index (χ4n) is 1.98. The minimum absolute atomic E-state index is 0.343. The Labute approximate surface area is 149 Å². The highest BCUT2D eigenvalue weighted by Gasteiger charge is 2.34. The Morgan fingerprint density at radius 2 is 1.80 bits per heavy atom. The van der Waals surface area contributed by atoms with E-state index in [-0.39, 0.29) is 5.69 Å². The smallest absolute Gasteiger partial charge is 0.382 e. The van der Waals surface area contributed by atoms with Gasteiger partial charge in [0.2, 0.25) is 0 Å². The SMILES string of the molecule is Nc1c(C[SH](=O)=O)c([N+](=O)[O-])nn1-c1c(Cl)cc(C(F)(F)F)cc1Cl. The monoisotopic (exact) mass is 418 g/mol. The highest BCUT2D eigenvalue weighted by Crippen LogP contribution is 2.39. The third kappa shape index (κ3) is 3.80. The average Bonchev–Trinajstić information content (AvgIpc) is 2.75. The lowest BCUT2D eigenvalue weighted by Crippen LogP contribution is -2.09. The number of hydrogen-bond donors (Lipinski definition) is 2. The van der Waals surface area contributed by atoms with Crippen molar-refractivity contribution in [1.29, 1.82) is 0 Å². The number of nitrogens with two attached hydrogens (primary N) is 1. The zero-order valence-electron chi connectivity index (χ0n) is 11.8. The molecule has 0 aliphatic rings. The van der Waals surface area contributed by atoms with Gasteiger partial charge >= 0.3 is 12.0 Å². The van der Waals surface area contributed by atoms with E-state index in [9.17, 15) is 31.7 Å². The Balaban J connectivity index is 2.73. The Bertz CT molecular complexity index is 911. The molecule has 0 saturated heterocycles. The molecule has 1 aromatic carbocycles. The first-order valence-corrected chi connectivity index (χ1v) is 8.25. The van der Waals surface area contributed by atoms with E-state index in [0.717, 1.165) is 0 Å². The van der Waals surface area contributed by atoms with Crippen LogP contribution in [0.3, 0.4) is 0 Å². The molecule has 2 aromatic rings. The fourth-order valence-corrected chi connectivity index (χ4v) is 3.19. The molecule has 2 rings (SSSR count). The van der Waals surface area contributed by atoms with Gasteiger partial charge in [-0.15, -0.1) is 4.68 Å². The number of rotatable bonds is 4. The third-order valence-electron chi connectivity index (χ3n) is 3.02. The van der Waals surface area contributed by atoms with Crippen LogP contribution >= 0.6 is 23.2 Å². The number of thiol groups is 1. The Hall–Kier alpha value is -2.05. The van der Waals surface area contributed by atoms with Crippen LogP contribution in [0.25, 0.3) is 5.69 Å². The molecule has 0 aliphatic heterocycles. The first kappa shape index (κ1) is 19.3. The van der Waals surface area contributed by atoms with Crippen molar-refractivity contribution in [1.82, 2.24) is 9.78 Å². The molecule has 25 heavy (non-hydrogen) atoms. The van der Waals surface area contributed by atoms with Crippen molar-refractivity contribution in [3.05, 3.63) is 43.4 Å². The summed E-state index contributed by atoms with van der Waals surface area (Å²) in [6, 6.07) is 1.09. The number of nitrogen functional groups attached to an aromatic ring is 1. The molecule has 0 bridgehead atoms. The molecule has 0 radical (unpaired) electrons. The molecule has 0 spiro atoms. The molecule has 0 saturated carbocycles. The van der Waals surface area contributed by atoms with E-state index in [0.29, 0.717) is 16.8 Å². The highest BCUT2D eigenvalue weighted by atomic mass is 35.5. The van der Waals surface area contributed by atoms with Crippen LogP contribution in [-0.2, 0) is 22.6 Å². The van der Waals surface area contributed by atoms with Gasteiger partial charge in [-0.3, -0.25) is 0 Å². The number of aromatic nitrogens is 2. The number of hydrogen-bond acceptors (Lipinski definition) is 6. The Kier molecular flexibility index (Phi) is 5.16. The van der Waals surface area contributed by atoms with Gasteiger partial charge in [0.15, 0.2) is 5.82 Å². The Morgan fingerprint density at radius 3 is 2.20 bits per heavy atom. The lowest BCUT2D eigenvalue weighted by molar-refractivity contribution is -0.390. The molecule has 0 aliphatic carbocycles. The first-order chi connectivity index (χ1) is 11.4. The summed E-state index contributed by atoms with van der Waals surface area (Å²) >= 11 is 11.6. The summed E-state index contributed by atoms with van der Waals surface area (Å²) in [6.07, 6.45) is -4.72. The lowest BCUT2D eigenvalue weighted by atomic mass is 10.2. The quantitative estimate of drug-likeness (QED) is 0.447. The van der Waals surface area contributed by atoms with Gasteiger partial charge in [-0.25, -0.2) is 8.42 Å². The van der Waals surface area contributed by atoms with Crippen molar-refractivity contribution in [2.75, 3.05) is 5.73 Å². The molecule has 136 valence electrons. The maximum absolute atomic E-state index is 12.8. The summed E-state index contributed by atoms with van der Waals surface area (Å²) in [5.41, 5.74) is 3.76. The zero-order chi connectivity index (χ0) is 19.1. The van der Waals surface area contributed by atoms with Gasteiger partial charge in [-0.05, 0) is 17.1 Å². The lowest BCUT2D eigenvalue weighted by Gasteiger charge is -2.11. The molecule has 2 N–H and O–H groups in total. The van der Waals surface area contributed by atoms with E-state index in [1.807, 2.05) is 0 Å². The van der Waals surface area contributed by atoms with Crippen molar-refractivity contribution in [3.63, 3.8) is 0 Å². The van der Waals surface area contributed by atoms with Gasteiger partial charge in [-0.2, -0.15) is 13.2 Å². The fraction of sp³-hybridized carbons (Fsp3) is 0.182. The number of benzene rings is 1. The van der Waals surface area contributed by atoms with Crippen molar-refractivity contribution >= 4 is 45.5 Å². The van der Waals surface area contributed by atoms with E-state index in [1.165, 1.54) is 0 Å². The van der Waals surface area contributed by atoms with E-state index in [4.69, 9.17) is 28.9 Å². The standard InChI is InChI=1S/C11H7Cl2F3N4O4S/c12-6-1-4(11(14,15)16)2-7(13)8(6)19-9(17)5(3-25(23)24)10(18-19)20(21)22/h1-2,25H,3,17H2. The van der Waals surface area contributed by atoms with Gasteiger partial charge in [-0.1, -0.05) is 23.2 Å². The van der Waals surface area contributed by atoms with Crippen LogP contribution in [0.15, 0.2) is 12.1 Å². The second kappa shape index (κ2) is 6.69. The number of halogens is 5. The minimum atomic E-state index is -4.72. The molecule has 0 atom stereocenters. The third-order valence-corrected chi connectivity index (χ3v) is 4.17. The summed E-state index contributed by atoms with van der Waals surface area (Å²) in [5, 5.41) is 13.5. The van der Waals surface area contributed by atoms with Crippen LogP contribution in [0.4, 0.5) is 24.8 Å². The van der Waals surface area contributed by atoms with Crippen molar-refractivity contribution in [2.45, 2.75) is 11.9 Å². The van der Waals surface area contributed by atoms with Crippen LogP contribution < -0.4 is 5.73 Å². The molecule has 1 heterocycles. The molecular formula is C11H7Cl2F3N4O4S. The van der Waals surface area contributed by atoms with Crippen LogP contribution in [0, 0.1) is 10.1 Å². The number of nitro groups is 1. The van der Waals surface area contributed by atoms with Crippen LogP contribution in [0.5, 0.6) is 0 Å². The maximum atomic E-state index is 12.8. The largest absolute Gasteiger partial charge is 0.416 e. The second-order valence-corrected chi connectivity index (χ2v) is 6.43. The topological polar surface area (TPSA) is 121 Å². The minimum Gasteiger partial charge on any atom is -0.382 e. The average molecular weight is 419 g/mol. The molecule has 14 heteroatoms. The summed E-state index contributed by atoms with van der Waals surface area (Å²) in [7, 11) is -3.08. The molecule has 0 amide bonds. The summed E-state index contributed by atoms with van der Waals surface area (Å²) in [4.78, 5) is 10.0. The predicted molar refractivity (Wildman–Crippen MR) is 83.7 cm³/mol. The van der Waals surface area contributed by atoms with Crippen LogP contribution in [0.1, 0.15) is 11.1 Å². The number of nitrogens with zero attached hydrogens (tertiary/aromatic N) is 3. The highest BCUT2D eigenvalue weighted by molar-refractivity contribution is 7.71. The van der Waals surface area contributed by atoms with E-state index in [2.05, 4.69) is 5.10 Å². The maximum Gasteiger partial charge on any atom is 0.416 e. The van der Waals surface area contributed by atoms with Gasteiger partial charge in [0.05, 0.1) is 26.5 Å². The second-order valence-electron chi connectivity index (χ2n) is 4.63. The van der Waals surface area contributed by atoms with Gasteiger partial charge in [0.1, 0.15) is 22.0 Å².